The number of carbonyl (C=O) groups excluding carboxylic acids is 2. The molecule has 2 aromatic carbocycles. The van der Waals surface area contributed by atoms with E-state index in [1.165, 1.54) is 23.1 Å². The molecule has 0 unspecified atom stereocenters. The van der Waals surface area contributed by atoms with Crippen molar-refractivity contribution < 1.29 is 28.2 Å². The molecule has 3 heterocycles. The van der Waals surface area contributed by atoms with Crippen LogP contribution < -0.4 is 14.4 Å². The lowest BCUT2D eigenvalue weighted by atomic mass is 9.84. The van der Waals surface area contributed by atoms with Gasteiger partial charge < -0.3 is 14.2 Å². The molecule has 28 heavy (non-hydrogen) atoms. The fourth-order valence-corrected chi connectivity index (χ4v) is 3.97. The highest BCUT2D eigenvalue weighted by Gasteiger charge is 2.43. The van der Waals surface area contributed by atoms with Crippen molar-refractivity contribution in [2.45, 2.75) is 12.3 Å². The lowest BCUT2D eigenvalue weighted by molar-refractivity contribution is -0.136. The molecule has 6 nitrogen and oxygen atoms in total. The molecular formula is C20H13ClFNO5. The lowest BCUT2D eigenvalue weighted by Gasteiger charge is -2.32. The number of fused-ring (bicyclic) bond motifs is 1. The summed E-state index contributed by atoms with van der Waals surface area (Å²) in [7, 11) is 0. The molecule has 0 fully saturated rings. The minimum atomic E-state index is -0.582. The first kappa shape index (κ1) is 17.1. The molecular weight excluding hydrogens is 389 g/mol. The molecule has 0 aliphatic carbocycles. The molecule has 0 spiro atoms. The lowest BCUT2D eigenvalue weighted by Crippen LogP contribution is -2.37. The van der Waals surface area contributed by atoms with Crippen molar-refractivity contribution >= 4 is 29.2 Å². The summed E-state index contributed by atoms with van der Waals surface area (Å²) >= 11 is 5.88. The van der Waals surface area contributed by atoms with E-state index in [1.807, 2.05) is 6.07 Å². The highest BCUT2D eigenvalue weighted by molar-refractivity contribution is 6.31. The summed E-state index contributed by atoms with van der Waals surface area (Å²) in [6.07, 6.45) is 0.0581. The molecule has 0 saturated carbocycles. The van der Waals surface area contributed by atoms with E-state index in [-0.39, 0.29) is 30.8 Å². The third-order valence-corrected chi connectivity index (χ3v) is 5.37. The Morgan fingerprint density at radius 3 is 2.68 bits per heavy atom. The first-order valence-corrected chi connectivity index (χ1v) is 8.98. The molecule has 3 aliphatic rings. The molecule has 1 amide bonds. The van der Waals surface area contributed by atoms with Crippen LogP contribution in [-0.4, -0.2) is 25.3 Å². The Balaban J connectivity index is 1.61. The van der Waals surface area contributed by atoms with Crippen LogP contribution in [0.4, 0.5) is 10.1 Å². The van der Waals surface area contributed by atoms with Gasteiger partial charge >= 0.3 is 5.97 Å². The van der Waals surface area contributed by atoms with Crippen molar-refractivity contribution in [3.05, 3.63) is 64.1 Å². The highest BCUT2D eigenvalue weighted by Crippen LogP contribution is 2.44. The van der Waals surface area contributed by atoms with Gasteiger partial charge in [0.25, 0.3) is 0 Å². The van der Waals surface area contributed by atoms with E-state index in [1.54, 1.807) is 12.1 Å². The predicted octanol–water partition coefficient (Wildman–Crippen LogP) is 3.54. The number of nitrogens with zero attached hydrogens (tertiary/aromatic N) is 1. The summed E-state index contributed by atoms with van der Waals surface area (Å²) in [4.78, 5) is 26.8. The van der Waals surface area contributed by atoms with E-state index in [4.69, 9.17) is 25.8 Å². The first-order valence-electron chi connectivity index (χ1n) is 8.60. The van der Waals surface area contributed by atoms with Crippen LogP contribution >= 0.6 is 11.6 Å². The summed E-state index contributed by atoms with van der Waals surface area (Å²) in [6.45, 7) is 0.105. The van der Waals surface area contributed by atoms with E-state index in [9.17, 15) is 14.0 Å². The average Bonchev–Trinajstić information content (AvgIpc) is 3.30. The van der Waals surface area contributed by atoms with Crippen LogP contribution in [0.25, 0.3) is 0 Å². The Morgan fingerprint density at radius 2 is 1.86 bits per heavy atom. The second kappa shape index (κ2) is 6.24. The van der Waals surface area contributed by atoms with Crippen LogP contribution in [0.2, 0.25) is 5.02 Å². The van der Waals surface area contributed by atoms with Gasteiger partial charge in [-0.3, -0.25) is 9.69 Å². The van der Waals surface area contributed by atoms with Crippen molar-refractivity contribution in [3.8, 4) is 11.5 Å². The molecule has 0 bridgehead atoms. The molecule has 5 rings (SSSR count). The van der Waals surface area contributed by atoms with Crippen molar-refractivity contribution in [1.29, 1.82) is 0 Å². The first-order chi connectivity index (χ1) is 13.5. The van der Waals surface area contributed by atoms with Gasteiger partial charge in [-0.2, -0.15) is 0 Å². The highest BCUT2D eigenvalue weighted by atomic mass is 35.5. The van der Waals surface area contributed by atoms with Crippen molar-refractivity contribution in [1.82, 2.24) is 0 Å². The fourth-order valence-electron chi connectivity index (χ4n) is 3.79. The number of carbonyl (C=O) groups is 2. The van der Waals surface area contributed by atoms with Crippen LogP contribution in [-0.2, 0) is 14.3 Å². The van der Waals surface area contributed by atoms with E-state index in [2.05, 4.69) is 0 Å². The standard InChI is InChI=1S/C20H13ClFNO5/c21-13-6-11(2-3-14(13)22)23-15-8-26-20(25)19(15)12(7-18(23)24)10-1-4-16-17(5-10)28-9-27-16/h1-6,12H,7-9H2/t12-/m1/s1. The minimum Gasteiger partial charge on any atom is -0.456 e. The summed E-state index contributed by atoms with van der Waals surface area (Å²) < 4.78 is 29.5. The molecule has 2 aromatic rings. The molecule has 3 aliphatic heterocycles. The molecule has 0 radical (unpaired) electrons. The number of anilines is 1. The summed E-state index contributed by atoms with van der Waals surface area (Å²) in [5.41, 5.74) is 2.03. The smallest absolute Gasteiger partial charge is 0.336 e. The number of ether oxygens (including phenoxy) is 3. The van der Waals surface area contributed by atoms with Crippen molar-refractivity contribution in [2.24, 2.45) is 0 Å². The number of halogens is 2. The quantitative estimate of drug-likeness (QED) is 0.720. The molecule has 0 saturated heterocycles. The van der Waals surface area contributed by atoms with Crippen LogP contribution in [0, 0.1) is 5.82 Å². The van der Waals surface area contributed by atoms with E-state index in [0.29, 0.717) is 28.5 Å². The maximum Gasteiger partial charge on any atom is 0.336 e. The zero-order valence-corrected chi connectivity index (χ0v) is 15.2. The average molecular weight is 402 g/mol. The van der Waals surface area contributed by atoms with Gasteiger partial charge in [-0.05, 0) is 35.9 Å². The van der Waals surface area contributed by atoms with Gasteiger partial charge in [0.2, 0.25) is 12.7 Å². The van der Waals surface area contributed by atoms with Gasteiger partial charge in [0.1, 0.15) is 12.4 Å². The van der Waals surface area contributed by atoms with Crippen LogP contribution in [0.1, 0.15) is 17.9 Å². The number of amides is 1. The van der Waals surface area contributed by atoms with Crippen molar-refractivity contribution in [3.63, 3.8) is 0 Å². The fraction of sp³-hybridized carbons (Fsp3) is 0.200. The van der Waals surface area contributed by atoms with Gasteiger partial charge in [-0.1, -0.05) is 17.7 Å². The topological polar surface area (TPSA) is 65.1 Å². The van der Waals surface area contributed by atoms with Crippen LogP contribution in [0.3, 0.4) is 0 Å². The van der Waals surface area contributed by atoms with Gasteiger partial charge in [-0.25, -0.2) is 9.18 Å². The van der Waals surface area contributed by atoms with Crippen molar-refractivity contribution in [2.75, 3.05) is 18.3 Å². The summed E-state index contributed by atoms with van der Waals surface area (Å²) in [5, 5.41) is -0.101. The summed E-state index contributed by atoms with van der Waals surface area (Å²) in [6, 6.07) is 9.35. The Labute approximate surface area is 164 Å². The van der Waals surface area contributed by atoms with E-state index < -0.39 is 17.7 Å². The van der Waals surface area contributed by atoms with Gasteiger partial charge in [-0.15, -0.1) is 0 Å². The largest absolute Gasteiger partial charge is 0.456 e. The second-order valence-corrected chi connectivity index (χ2v) is 7.04. The summed E-state index contributed by atoms with van der Waals surface area (Å²) in [5.74, 6) is -0.547. The Hall–Kier alpha value is -3.06. The molecule has 0 aromatic heterocycles. The zero-order valence-electron chi connectivity index (χ0n) is 14.4. The Bertz CT molecular complexity index is 1070. The Morgan fingerprint density at radius 1 is 1.04 bits per heavy atom. The predicted molar refractivity (Wildman–Crippen MR) is 96.8 cm³/mol. The number of hydrogen-bond acceptors (Lipinski definition) is 5. The number of benzene rings is 2. The number of rotatable bonds is 2. The van der Waals surface area contributed by atoms with E-state index in [0.717, 1.165) is 5.56 Å². The normalized spacial score (nSPS) is 20.5. The molecule has 8 heteroatoms. The third-order valence-electron chi connectivity index (χ3n) is 5.08. The maximum absolute atomic E-state index is 13.5. The third kappa shape index (κ3) is 2.54. The van der Waals surface area contributed by atoms with Gasteiger partial charge in [0.15, 0.2) is 11.5 Å². The minimum absolute atomic E-state index is 0.0318. The van der Waals surface area contributed by atoms with Crippen LogP contribution in [0.5, 0.6) is 11.5 Å². The number of cyclic esters (lactones) is 1. The van der Waals surface area contributed by atoms with Gasteiger partial charge in [0.05, 0.1) is 22.0 Å². The zero-order chi connectivity index (χ0) is 19.4. The maximum atomic E-state index is 13.5. The second-order valence-electron chi connectivity index (χ2n) is 6.63. The molecule has 142 valence electrons. The molecule has 1 atom stereocenters. The van der Waals surface area contributed by atoms with E-state index >= 15 is 0 Å². The monoisotopic (exact) mass is 401 g/mol. The SMILES string of the molecule is O=C1OCC2=C1[C@@H](c1ccc3c(c1)OCO3)CC(=O)N2c1ccc(F)c(Cl)c1. The molecule has 0 N–H and O–H groups in total. The Kier molecular flexibility index (Phi) is 3.80. The number of esters is 1. The number of hydrogen-bond donors (Lipinski definition) is 0. The van der Waals surface area contributed by atoms with Crippen LogP contribution in [0.15, 0.2) is 47.7 Å². The van der Waals surface area contributed by atoms with Gasteiger partial charge in [0, 0.05) is 12.3 Å².